The standard InChI is InChI=1S/C17H18N6/c1-11-6-12(9-22(2)3)4-5-14(11)15-8-20-17(19)23-10-13(7-18)21-16(15)23/h4-6,8,10H,9H2,1-3H3,(H2,19,20). The highest BCUT2D eigenvalue weighted by Crippen LogP contribution is 2.28. The lowest BCUT2D eigenvalue weighted by atomic mass is 10.00. The summed E-state index contributed by atoms with van der Waals surface area (Å²) >= 11 is 0. The lowest BCUT2D eigenvalue weighted by molar-refractivity contribution is 0.402. The Bertz CT molecular complexity index is 917. The first-order valence-corrected chi connectivity index (χ1v) is 7.28. The van der Waals surface area contributed by atoms with Crippen LogP contribution in [0.5, 0.6) is 0 Å². The Kier molecular flexibility index (Phi) is 3.72. The summed E-state index contributed by atoms with van der Waals surface area (Å²) in [6.45, 7) is 2.95. The van der Waals surface area contributed by atoms with Crippen LogP contribution in [-0.4, -0.2) is 33.4 Å². The van der Waals surface area contributed by atoms with Gasteiger partial charge in [-0.25, -0.2) is 9.97 Å². The Morgan fingerprint density at radius 3 is 2.74 bits per heavy atom. The monoisotopic (exact) mass is 306 g/mol. The molecule has 0 spiro atoms. The van der Waals surface area contributed by atoms with E-state index in [1.165, 1.54) is 5.56 Å². The highest BCUT2D eigenvalue weighted by Gasteiger charge is 2.13. The van der Waals surface area contributed by atoms with E-state index in [-0.39, 0.29) is 0 Å². The van der Waals surface area contributed by atoms with Crippen LogP contribution in [0.25, 0.3) is 16.8 Å². The van der Waals surface area contributed by atoms with Crippen LogP contribution in [0.4, 0.5) is 5.95 Å². The number of aromatic nitrogens is 3. The zero-order chi connectivity index (χ0) is 16.6. The molecular formula is C17H18N6. The minimum absolute atomic E-state index is 0.319. The van der Waals surface area contributed by atoms with Crippen LogP contribution in [0.1, 0.15) is 16.8 Å². The molecule has 0 amide bonds. The maximum absolute atomic E-state index is 9.07. The summed E-state index contributed by atoms with van der Waals surface area (Å²) in [7, 11) is 4.09. The summed E-state index contributed by atoms with van der Waals surface area (Å²) in [5.41, 5.74) is 11.2. The molecule has 0 fully saturated rings. The van der Waals surface area contributed by atoms with Gasteiger partial charge in [0.25, 0.3) is 0 Å². The smallest absolute Gasteiger partial charge is 0.206 e. The van der Waals surface area contributed by atoms with Gasteiger partial charge in [-0.05, 0) is 37.7 Å². The van der Waals surface area contributed by atoms with Crippen molar-refractivity contribution in [3.63, 3.8) is 0 Å². The third-order valence-electron chi connectivity index (χ3n) is 3.71. The van der Waals surface area contributed by atoms with Crippen molar-refractivity contribution >= 4 is 11.6 Å². The van der Waals surface area contributed by atoms with Gasteiger partial charge in [-0.3, -0.25) is 4.40 Å². The maximum atomic E-state index is 9.07. The average Bonchev–Trinajstić information content (AvgIpc) is 2.93. The van der Waals surface area contributed by atoms with Crippen molar-refractivity contribution in [1.82, 2.24) is 19.3 Å². The third kappa shape index (κ3) is 2.74. The predicted octanol–water partition coefficient (Wildman–Crippen LogP) is 2.22. The number of aryl methyl sites for hydroxylation is 1. The Labute approximate surface area is 134 Å². The van der Waals surface area contributed by atoms with Crippen LogP contribution in [0.15, 0.2) is 30.6 Å². The quantitative estimate of drug-likeness (QED) is 0.802. The van der Waals surface area contributed by atoms with Crippen LogP contribution >= 0.6 is 0 Å². The van der Waals surface area contributed by atoms with E-state index in [9.17, 15) is 0 Å². The summed E-state index contributed by atoms with van der Waals surface area (Å²) in [4.78, 5) is 10.7. The van der Waals surface area contributed by atoms with Crippen molar-refractivity contribution in [2.75, 3.05) is 19.8 Å². The number of imidazole rings is 1. The highest BCUT2D eigenvalue weighted by molar-refractivity contribution is 5.80. The van der Waals surface area contributed by atoms with E-state index in [0.29, 0.717) is 17.3 Å². The number of fused-ring (bicyclic) bond motifs is 1. The van der Waals surface area contributed by atoms with Crippen LogP contribution in [0, 0.1) is 18.3 Å². The minimum atomic E-state index is 0.319. The molecule has 0 aliphatic carbocycles. The lowest BCUT2D eigenvalue weighted by Gasteiger charge is -2.13. The van der Waals surface area contributed by atoms with E-state index in [1.807, 2.05) is 20.2 Å². The molecule has 0 atom stereocenters. The molecule has 116 valence electrons. The number of hydrogen-bond acceptors (Lipinski definition) is 5. The lowest BCUT2D eigenvalue weighted by Crippen LogP contribution is -2.10. The highest BCUT2D eigenvalue weighted by atomic mass is 15.1. The summed E-state index contributed by atoms with van der Waals surface area (Å²) in [6, 6.07) is 8.38. The molecule has 0 unspecified atom stereocenters. The minimum Gasteiger partial charge on any atom is -0.369 e. The zero-order valence-corrected chi connectivity index (χ0v) is 13.4. The normalized spacial score (nSPS) is 11.1. The zero-order valence-electron chi connectivity index (χ0n) is 13.4. The van der Waals surface area contributed by atoms with Gasteiger partial charge in [0, 0.05) is 18.3 Å². The first-order valence-electron chi connectivity index (χ1n) is 7.28. The van der Waals surface area contributed by atoms with Gasteiger partial charge in [-0.15, -0.1) is 0 Å². The summed E-state index contributed by atoms with van der Waals surface area (Å²) in [6.07, 6.45) is 3.32. The fraction of sp³-hybridized carbons (Fsp3) is 0.235. The molecular weight excluding hydrogens is 288 g/mol. The Balaban J connectivity index is 2.15. The fourth-order valence-corrected chi connectivity index (χ4v) is 2.73. The maximum Gasteiger partial charge on any atom is 0.206 e. The first-order chi connectivity index (χ1) is 11.0. The van der Waals surface area contributed by atoms with E-state index in [2.05, 4.69) is 40.0 Å². The molecule has 0 saturated heterocycles. The molecule has 2 N–H and O–H groups in total. The van der Waals surface area contributed by atoms with Gasteiger partial charge in [0.1, 0.15) is 6.07 Å². The second-order valence-electron chi connectivity index (χ2n) is 5.85. The second-order valence-corrected chi connectivity index (χ2v) is 5.85. The number of nitrogen functional groups attached to an aromatic ring is 1. The molecule has 6 heteroatoms. The van der Waals surface area contributed by atoms with E-state index >= 15 is 0 Å². The predicted molar refractivity (Wildman–Crippen MR) is 89.7 cm³/mol. The van der Waals surface area contributed by atoms with Crippen LogP contribution in [0.2, 0.25) is 0 Å². The number of nitrogens with zero attached hydrogens (tertiary/aromatic N) is 5. The van der Waals surface area contributed by atoms with Crippen LogP contribution in [0.3, 0.4) is 0 Å². The van der Waals surface area contributed by atoms with E-state index in [0.717, 1.165) is 23.2 Å². The SMILES string of the molecule is Cc1cc(CN(C)C)ccc1-c1cnc(N)n2cc(C#N)nc12. The van der Waals surface area contributed by atoms with Crippen LogP contribution < -0.4 is 5.73 Å². The molecule has 1 aromatic carbocycles. The van der Waals surface area contributed by atoms with Gasteiger partial charge in [0.2, 0.25) is 5.95 Å². The molecule has 0 radical (unpaired) electrons. The molecule has 23 heavy (non-hydrogen) atoms. The number of rotatable bonds is 3. The molecule has 6 nitrogen and oxygen atoms in total. The van der Waals surface area contributed by atoms with Crippen molar-refractivity contribution < 1.29 is 0 Å². The Hall–Kier alpha value is -2.91. The van der Waals surface area contributed by atoms with Gasteiger partial charge >= 0.3 is 0 Å². The molecule has 3 aromatic rings. The molecule has 0 saturated carbocycles. The number of nitriles is 1. The number of nitrogens with two attached hydrogens (primary N) is 1. The summed E-state index contributed by atoms with van der Waals surface area (Å²) in [5, 5.41) is 9.07. The topological polar surface area (TPSA) is 83.2 Å². The third-order valence-corrected chi connectivity index (χ3v) is 3.71. The van der Waals surface area contributed by atoms with Crippen molar-refractivity contribution in [2.24, 2.45) is 0 Å². The van der Waals surface area contributed by atoms with Gasteiger partial charge in [0.05, 0.1) is 6.20 Å². The number of hydrogen-bond donors (Lipinski definition) is 1. The van der Waals surface area contributed by atoms with Gasteiger partial charge in [0.15, 0.2) is 11.3 Å². The molecule has 0 aliphatic heterocycles. The van der Waals surface area contributed by atoms with Crippen molar-refractivity contribution in [1.29, 1.82) is 5.26 Å². The summed E-state index contributed by atoms with van der Waals surface area (Å²) in [5.74, 6) is 0.319. The molecule has 0 bridgehead atoms. The van der Waals surface area contributed by atoms with Crippen molar-refractivity contribution in [3.8, 4) is 17.2 Å². The number of benzene rings is 1. The van der Waals surface area contributed by atoms with Gasteiger partial charge < -0.3 is 10.6 Å². The molecule has 2 aromatic heterocycles. The fourth-order valence-electron chi connectivity index (χ4n) is 2.73. The second kappa shape index (κ2) is 5.71. The number of anilines is 1. The average molecular weight is 306 g/mol. The molecule has 2 heterocycles. The van der Waals surface area contributed by atoms with E-state index in [1.54, 1.807) is 16.8 Å². The van der Waals surface area contributed by atoms with Crippen molar-refractivity contribution in [2.45, 2.75) is 13.5 Å². The molecule has 0 aliphatic rings. The first kappa shape index (κ1) is 15.0. The largest absolute Gasteiger partial charge is 0.369 e. The summed E-state index contributed by atoms with van der Waals surface area (Å²) < 4.78 is 1.65. The van der Waals surface area contributed by atoms with Crippen LogP contribution in [-0.2, 0) is 6.54 Å². The Morgan fingerprint density at radius 2 is 2.09 bits per heavy atom. The molecule has 3 rings (SSSR count). The van der Waals surface area contributed by atoms with E-state index in [4.69, 9.17) is 11.0 Å². The van der Waals surface area contributed by atoms with Gasteiger partial charge in [-0.1, -0.05) is 18.2 Å². The Morgan fingerprint density at radius 1 is 1.30 bits per heavy atom. The van der Waals surface area contributed by atoms with Crippen molar-refractivity contribution in [3.05, 3.63) is 47.4 Å². The van der Waals surface area contributed by atoms with Gasteiger partial charge in [-0.2, -0.15) is 5.26 Å². The van der Waals surface area contributed by atoms with E-state index < -0.39 is 0 Å².